The molecule has 3 heterocycles. The molecule has 9 heteroatoms. The van der Waals surface area contributed by atoms with Crippen molar-refractivity contribution in [2.75, 3.05) is 6.54 Å². The molecule has 1 saturated heterocycles. The van der Waals surface area contributed by atoms with Crippen LogP contribution in [0, 0.1) is 6.92 Å². The summed E-state index contributed by atoms with van der Waals surface area (Å²) < 4.78 is 2.41. The monoisotopic (exact) mass is 477 g/mol. The molecule has 1 fully saturated rings. The predicted octanol–water partition coefficient (Wildman–Crippen LogP) is 5.00. The smallest absolute Gasteiger partial charge is 0.266 e. The van der Waals surface area contributed by atoms with E-state index in [1.807, 2.05) is 48.5 Å². The molecule has 1 aliphatic heterocycles. The molecular weight excluding hydrogens is 458 g/mol. The first-order chi connectivity index (χ1) is 15.6. The molecule has 1 amide bonds. The molecule has 2 aromatic carbocycles. The third-order valence-electron chi connectivity index (χ3n) is 5.09. The molecule has 0 atom stereocenters. The Morgan fingerprint density at radius 2 is 1.84 bits per heavy atom. The number of fused-ring (bicyclic) bond motifs is 1. The zero-order chi connectivity index (χ0) is 22.1. The second-order valence-corrected chi connectivity index (χ2v) is 10.1. The van der Waals surface area contributed by atoms with E-state index in [9.17, 15) is 4.79 Å². The predicted molar refractivity (Wildman–Crippen MR) is 133 cm³/mol. The lowest BCUT2D eigenvalue weighted by Gasteiger charge is -2.13. The Morgan fingerprint density at radius 1 is 1.06 bits per heavy atom. The maximum absolute atomic E-state index is 12.8. The van der Waals surface area contributed by atoms with Gasteiger partial charge in [-0.3, -0.25) is 9.69 Å². The summed E-state index contributed by atoms with van der Waals surface area (Å²) in [6.07, 6.45) is 3.42. The quantitative estimate of drug-likeness (QED) is 0.288. The van der Waals surface area contributed by atoms with E-state index in [1.165, 1.54) is 28.7 Å². The van der Waals surface area contributed by atoms with Gasteiger partial charge in [-0.05, 0) is 25.0 Å². The Bertz CT molecular complexity index is 1320. The lowest BCUT2D eigenvalue weighted by molar-refractivity contribution is -0.122. The first-order valence-electron chi connectivity index (χ1n) is 10.2. The van der Waals surface area contributed by atoms with Crippen molar-refractivity contribution in [1.82, 2.24) is 24.7 Å². The maximum atomic E-state index is 12.8. The average Bonchev–Trinajstić information content (AvgIpc) is 3.44. The van der Waals surface area contributed by atoms with Crippen molar-refractivity contribution in [1.29, 1.82) is 0 Å². The molecule has 4 aromatic rings. The van der Waals surface area contributed by atoms with Gasteiger partial charge in [-0.1, -0.05) is 95.5 Å². The van der Waals surface area contributed by atoms with Crippen molar-refractivity contribution in [3.8, 4) is 11.4 Å². The Kier molecular flexibility index (Phi) is 5.86. The Hall–Kier alpha value is -2.88. The third-order valence-corrected chi connectivity index (χ3v) is 7.42. The van der Waals surface area contributed by atoms with Crippen molar-refractivity contribution in [3.05, 3.63) is 75.6 Å². The second-order valence-electron chi connectivity index (χ2n) is 7.43. The van der Waals surface area contributed by atoms with Gasteiger partial charge in [-0.2, -0.15) is 9.61 Å². The second kappa shape index (κ2) is 8.93. The molecule has 0 N–H and O–H groups in total. The number of carbonyl (C=O) groups is 1. The molecule has 0 aliphatic carbocycles. The van der Waals surface area contributed by atoms with E-state index in [0.29, 0.717) is 15.8 Å². The topological polar surface area (TPSA) is 63.4 Å². The van der Waals surface area contributed by atoms with Crippen LogP contribution in [0.5, 0.6) is 0 Å². The van der Waals surface area contributed by atoms with Crippen LogP contribution in [0.4, 0.5) is 0 Å². The van der Waals surface area contributed by atoms with Crippen LogP contribution in [0.25, 0.3) is 22.4 Å². The van der Waals surface area contributed by atoms with E-state index >= 15 is 0 Å². The van der Waals surface area contributed by atoms with Crippen molar-refractivity contribution in [3.63, 3.8) is 0 Å². The van der Waals surface area contributed by atoms with Gasteiger partial charge >= 0.3 is 0 Å². The number of rotatable bonds is 6. The minimum atomic E-state index is -0.0244. The van der Waals surface area contributed by atoms with Gasteiger partial charge in [0.25, 0.3) is 5.91 Å². The van der Waals surface area contributed by atoms with Gasteiger partial charge in [0.15, 0.2) is 5.82 Å². The first-order valence-corrected chi connectivity index (χ1v) is 12.2. The van der Waals surface area contributed by atoms with Crippen molar-refractivity contribution in [2.24, 2.45) is 0 Å². The number of benzene rings is 2. The van der Waals surface area contributed by atoms with Crippen LogP contribution < -0.4 is 0 Å². The molecule has 2 aromatic heterocycles. The van der Waals surface area contributed by atoms with Gasteiger partial charge in [0.2, 0.25) is 4.96 Å². The highest BCUT2D eigenvalue weighted by molar-refractivity contribution is 8.26. The molecule has 32 heavy (non-hydrogen) atoms. The van der Waals surface area contributed by atoms with E-state index in [-0.39, 0.29) is 5.91 Å². The van der Waals surface area contributed by atoms with Crippen molar-refractivity contribution < 1.29 is 4.79 Å². The number of hydrogen-bond acceptors (Lipinski definition) is 7. The van der Waals surface area contributed by atoms with Crippen LogP contribution in [0.1, 0.15) is 22.6 Å². The fourth-order valence-corrected chi connectivity index (χ4v) is 5.61. The number of nitrogens with zero attached hydrogens (tertiary/aromatic N) is 5. The van der Waals surface area contributed by atoms with E-state index in [4.69, 9.17) is 17.3 Å². The fourth-order valence-electron chi connectivity index (χ4n) is 3.42. The van der Waals surface area contributed by atoms with E-state index in [1.54, 1.807) is 9.42 Å². The third kappa shape index (κ3) is 4.23. The fraction of sp³-hybridized carbons (Fsp3) is 0.174. The number of aryl methyl sites for hydroxylation is 2. The summed E-state index contributed by atoms with van der Waals surface area (Å²) in [6.45, 7) is 2.63. The van der Waals surface area contributed by atoms with Gasteiger partial charge in [0, 0.05) is 18.5 Å². The van der Waals surface area contributed by atoms with Crippen LogP contribution in [-0.2, 0) is 11.2 Å². The summed E-state index contributed by atoms with van der Waals surface area (Å²) in [5.41, 5.74) is 3.18. The molecule has 5 rings (SSSR count). The zero-order valence-electron chi connectivity index (χ0n) is 17.3. The van der Waals surface area contributed by atoms with Crippen molar-refractivity contribution in [2.45, 2.75) is 19.8 Å². The number of thioether (sulfide) groups is 1. The molecule has 1 aliphatic rings. The normalized spacial score (nSPS) is 15.4. The Balaban J connectivity index is 1.24. The summed E-state index contributed by atoms with van der Waals surface area (Å²) in [4.78, 5) is 15.9. The first kappa shape index (κ1) is 21.0. The van der Waals surface area contributed by atoms with E-state index < -0.39 is 0 Å². The number of amides is 1. The summed E-state index contributed by atoms with van der Waals surface area (Å²) in [5.74, 6) is 0.717. The van der Waals surface area contributed by atoms with E-state index in [0.717, 1.165) is 39.8 Å². The standard InChI is InChI=1S/C23H19N5OS3/c1-15-9-11-17(12-10-15)20-24-25-22-28(20)26-19(32-22)8-5-13-27-21(29)18(31-23(27)30)14-16-6-3-2-4-7-16/h2-4,6-7,9-12,14H,5,8,13H2,1H3/b18-14-. The van der Waals surface area contributed by atoms with Crippen LogP contribution in [0.15, 0.2) is 59.5 Å². The molecule has 0 saturated carbocycles. The number of thiocarbonyl (C=S) groups is 1. The Labute approximate surface area is 199 Å². The number of aromatic nitrogens is 4. The molecule has 0 bridgehead atoms. The lowest BCUT2D eigenvalue weighted by atomic mass is 10.1. The molecule has 160 valence electrons. The zero-order valence-corrected chi connectivity index (χ0v) is 19.7. The highest BCUT2D eigenvalue weighted by Gasteiger charge is 2.31. The molecular formula is C23H19N5OS3. The van der Waals surface area contributed by atoms with Crippen LogP contribution in [-0.4, -0.2) is 41.5 Å². The summed E-state index contributed by atoms with van der Waals surface area (Å²) >= 11 is 8.34. The minimum Gasteiger partial charge on any atom is -0.293 e. The van der Waals surface area contributed by atoms with Crippen LogP contribution >= 0.6 is 35.3 Å². The molecule has 0 unspecified atom stereocenters. The summed E-state index contributed by atoms with van der Waals surface area (Å²) in [5, 5.41) is 14.2. The van der Waals surface area contributed by atoms with Crippen LogP contribution in [0.2, 0.25) is 0 Å². The number of carbonyl (C=O) groups excluding carboxylic acids is 1. The summed E-state index contributed by atoms with van der Waals surface area (Å²) in [7, 11) is 0. The van der Waals surface area contributed by atoms with Crippen LogP contribution in [0.3, 0.4) is 0 Å². The highest BCUT2D eigenvalue weighted by Crippen LogP contribution is 2.33. The Morgan fingerprint density at radius 3 is 2.62 bits per heavy atom. The minimum absolute atomic E-state index is 0.0244. The van der Waals surface area contributed by atoms with Gasteiger partial charge < -0.3 is 0 Å². The lowest BCUT2D eigenvalue weighted by Crippen LogP contribution is -2.29. The SMILES string of the molecule is Cc1ccc(-c2nnc3sc(CCCN4C(=O)/C(=C/c5ccccc5)SC4=S)nn23)cc1. The molecule has 0 spiro atoms. The van der Waals surface area contributed by atoms with Gasteiger partial charge in [0.05, 0.1) is 4.91 Å². The number of hydrogen-bond donors (Lipinski definition) is 0. The summed E-state index contributed by atoms with van der Waals surface area (Å²) in [6, 6.07) is 18.0. The van der Waals surface area contributed by atoms with Gasteiger partial charge in [-0.25, -0.2) is 0 Å². The molecule has 0 radical (unpaired) electrons. The van der Waals surface area contributed by atoms with Gasteiger partial charge in [-0.15, -0.1) is 10.2 Å². The maximum Gasteiger partial charge on any atom is 0.266 e. The van der Waals surface area contributed by atoms with Gasteiger partial charge in [0.1, 0.15) is 9.33 Å². The molecule has 6 nitrogen and oxygen atoms in total. The largest absolute Gasteiger partial charge is 0.293 e. The van der Waals surface area contributed by atoms with E-state index in [2.05, 4.69) is 29.3 Å². The van der Waals surface area contributed by atoms with Crippen molar-refractivity contribution >= 4 is 56.6 Å². The average molecular weight is 478 g/mol. The highest BCUT2D eigenvalue weighted by atomic mass is 32.2.